The Hall–Kier alpha value is -5.35. The Labute approximate surface area is 546 Å². The van der Waals surface area contributed by atoms with Crippen LogP contribution in [0.3, 0.4) is 0 Å². The molecule has 6 aliphatic heterocycles. The van der Waals surface area contributed by atoms with E-state index in [0.717, 1.165) is 44.7 Å². The van der Waals surface area contributed by atoms with Gasteiger partial charge in [0.1, 0.15) is 78.7 Å². The number of ether oxygens (including phenoxy) is 8. The van der Waals surface area contributed by atoms with E-state index in [9.17, 15) is 39.1 Å². The third-order valence-electron chi connectivity index (χ3n) is 16.7. The van der Waals surface area contributed by atoms with Crippen molar-refractivity contribution in [2.75, 3.05) is 95.3 Å². The molecule has 2 aliphatic carbocycles. The highest BCUT2D eigenvalue weighted by atomic mass is 127. The fourth-order valence-electron chi connectivity index (χ4n) is 11.5. The van der Waals surface area contributed by atoms with Crippen LogP contribution in [0.5, 0.6) is 17.2 Å². The molecule has 3 aromatic carbocycles. The molecule has 0 amide bonds. The van der Waals surface area contributed by atoms with Gasteiger partial charge in [-0.3, -0.25) is 13.3 Å². The van der Waals surface area contributed by atoms with Crippen molar-refractivity contribution in [1.29, 1.82) is 0 Å². The molecular weight excluding hydrogens is 1420 g/mol. The van der Waals surface area contributed by atoms with Crippen molar-refractivity contribution in [3.8, 4) is 17.2 Å². The number of phenolic OH excluding ortho intramolecular Hbond substituents is 1. The number of nitrogens with zero attached hydrogens (tertiary/aromatic N) is 4. The van der Waals surface area contributed by atoms with Crippen LogP contribution in [0.25, 0.3) is 0 Å². The number of halogens is 11. The summed E-state index contributed by atoms with van der Waals surface area (Å²) < 4.78 is 219. The van der Waals surface area contributed by atoms with E-state index in [1.807, 2.05) is 0 Å². The van der Waals surface area contributed by atoms with Gasteiger partial charge < -0.3 is 59.4 Å². The molecule has 0 aromatic heterocycles. The second-order valence-electron chi connectivity index (χ2n) is 22.3. The predicted octanol–water partition coefficient (Wildman–Crippen LogP) is 7.95. The Balaban J connectivity index is 0.000000341. The highest BCUT2D eigenvalue weighted by molar-refractivity contribution is 14.0. The number of aromatic hydroxyl groups is 1. The number of hydrogen-bond acceptors (Lipinski definition) is 19. The maximum Gasteiger partial charge on any atom is 0.243 e. The minimum Gasteiger partial charge on any atom is -0.508 e. The van der Waals surface area contributed by atoms with Crippen molar-refractivity contribution in [2.45, 2.75) is 103 Å². The van der Waals surface area contributed by atoms with Gasteiger partial charge in [0.25, 0.3) is 0 Å². The van der Waals surface area contributed by atoms with Gasteiger partial charge in [-0.1, -0.05) is 20.6 Å². The zero-order chi connectivity index (χ0) is 66.0. The molecule has 0 bridgehead atoms. The predicted molar refractivity (Wildman–Crippen MR) is 330 cm³/mol. The van der Waals surface area contributed by atoms with Gasteiger partial charge in [0.15, 0.2) is 0 Å². The molecule has 36 heteroatoms. The van der Waals surface area contributed by atoms with Crippen molar-refractivity contribution in [3.63, 3.8) is 0 Å². The van der Waals surface area contributed by atoms with Crippen molar-refractivity contribution >= 4 is 60.0 Å². The van der Waals surface area contributed by atoms with E-state index >= 15 is 4.39 Å². The summed E-state index contributed by atoms with van der Waals surface area (Å²) in [5.41, 5.74) is 2.14. The highest BCUT2D eigenvalue weighted by Gasteiger charge is 2.61. The third-order valence-corrected chi connectivity index (χ3v) is 23.6. The molecule has 3 aromatic rings. The molecule has 8 aliphatic rings. The number of nitrogens with two attached hydrogens (primary N) is 1. The molecule has 524 valence electrons. The van der Waals surface area contributed by atoms with Crippen LogP contribution in [-0.2, 0) is 75.1 Å². The average Bonchev–Trinajstić information content (AvgIpc) is 0.748. The lowest BCUT2D eigenvalue weighted by Gasteiger charge is -2.52. The minimum atomic E-state index is -3.88. The monoisotopic (exact) mass is 1500 g/mol. The van der Waals surface area contributed by atoms with Crippen molar-refractivity contribution in [2.24, 2.45) is 22.6 Å². The summed E-state index contributed by atoms with van der Waals surface area (Å²) in [6.07, 6.45) is 3.68. The quantitative estimate of drug-likeness (QED) is 0.0830. The first-order valence-corrected chi connectivity index (χ1v) is 32.1. The number of nitrogens with one attached hydrogen (secondary N) is 2. The second-order valence-corrected chi connectivity index (χ2v) is 28.8. The standard InChI is InChI=1S/C20H27FN2O5S.C19H26FN3O5S.C16H21FN2O5S.CH4.3F2.FH.HI/c1-13-22-20(17-8-15(6-7-18(17)21)27-10-14-4-5-14)12-28-16(11-26-3)9-19(20)29(24,25)23(13)2;1-23-18(21)22-19(11-28-14(10-26-2)8-17(19)29(23,24)25)15-7-13(5-6-16(15)20)27-9-12-3-4-12;1-10-18-16(13-6-11(20)4-5-14(13)17)9-24-12(8-23-3)7-15(16)25(21,22)19(10)2;;3*1-2;;/h6-8,14,16,19,22H,1,4-5,9-12H2,2-3H3;5-7,12,14,17H,3-4,8-11H2,1-2H3,(H2,21,22);4-6,12,15,18,20H,1,7-9H2,2-3H3;1H4;;;;2*1H/t16-,19-,20-;14-,17-,19-;12-,15-,16-;;;;;;/m111....../s1. The largest absolute Gasteiger partial charge is 0.508 e. The number of rotatable bonds is 15. The number of methoxy groups -OCH3 is 3. The van der Waals surface area contributed by atoms with Gasteiger partial charge in [0.05, 0.1) is 71.2 Å². The number of benzene rings is 3. The van der Waals surface area contributed by atoms with Gasteiger partial charge in [-0.15, -0.1) is 24.0 Å². The van der Waals surface area contributed by atoms with Crippen LogP contribution in [0.2, 0.25) is 0 Å². The number of guanidine groups is 1. The van der Waals surface area contributed by atoms with E-state index in [4.69, 9.17) is 71.1 Å². The summed E-state index contributed by atoms with van der Waals surface area (Å²) >= 11 is 0. The number of fused-ring (bicyclic) bond motifs is 3. The molecule has 0 spiro atoms. The van der Waals surface area contributed by atoms with Crippen LogP contribution >= 0.6 is 24.0 Å². The van der Waals surface area contributed by atoms with Crippen molar-refractivity contribution < 1.29 is 114 Å². The Morgan fingerprint density at radius 2 is 0.924 bits per heavy atom. The van der Waals surface area contributed by atoms with Gasteiger partial charge >= 0.3 is 0 Å². The van der Waals surface area contributed by atoms with E-state index in [0.29, 0.717) is 36.5 Å². The topological polar surface area (TPSA) is 269 Å². The Bertz CT molecular complexity index is 3330. The van der Waals surface area contributed by atoms with Crippen LogP contribution in [0, 0.1) is 29.3 Å². The number of aliphatic imine (C=N–C) groups is 1. The Morgan fingerprint density at radius 1 is 0.576 bits per heavy atom. The molecule has 11 rings (SSSR count). The molecule has 6 heterocycles. The van der Waals surface area contributed by atoms with E-state index in [1.54, 1.807) is 18.2 Å². The first-order valence-electron chi connectivity index (χ1n) is 27.6. The summed E-state index contributed by atoms with van der Waals surface area (Å²) in [4.78, 5) is 4.47. The van der Waals surface area contributed by atoms with Crippen LogP contribution in [0.4, 0.5) is 45.3 Å². The average molecular weight is 1500 g/mol. The zero-order valence-corrected chi connectivity index (χ0v) is 55.1. The van der Waals surface area contributed by atoms with E-state index in [1.165, 1.54) is 72.8 Å². The van der Waals surface area contributed by atoms with Gasteiger partial charge in [-0.25, -0.2) is 47.7 Å². The zero-order valence-electron chi connectivity index (χ0n) is 50.3. The lowest BCUT2D eigenvalue weighted by Crippen LogP contribution is -2.68. The molecule has 22 nitrogen and oxygen atoms in total. The van der Waals surface area contributed by atoms with Crippen LogP contribution in [0.15, 0.2) is 84.4 Å². The third kappa shape index (κ3) is 16.8. The Kier molecular flexibility index (Phi) is 29.8. The van der Waals surface area contributed by atoms with E-state index in [2.05, 4.69) is 28.8 Å². The summed E-state index contributed by atoms with van der Waals surface area (Å²) in [6.45, 7) is 9.17. The van der Waals surface area contributed by atoms with E-state index < -0.39 is 98.2 Å². The summed E-state index contributed by atoms with van der Waals surface area (Å²) in [5.74, 6) is 0.300. The molecule has 0 unspecified atom stereocenters. The van der Waals surface area contributed by atoms with Gasteiger partial charge in [-0.05, 0) is 111 Å². The first-order chi connectivity index (χ1) is 42.3. The number of phenols is 1. The van der Waals surface area contributed by atoms with E-state index in [-0.39, 0.29) is 135 Å². The van der Waals surface area contributed by atoms with Crippen LogP contribution < -0.4 is 25.8 Å². The highest BCUT2D eigenvalue weighted by Crippen LogP contribution is 2.48. The summed E-state index contributed by atoms with van der Waals surface area (Å²) in [6, 6.07) is 12.4. The molecular formula is C56H80F10IN7O15S3. The maximum absolute atomic E-state index is 15.0. The lowest BCUT2D eigenvalue weighted by atomic mass is 9.82. The molecule has 0 radical (unpaired) electrons. The smallest absolute Gasteiger partial charge is 0.243 e. The number of hydrogen-bond donors (Lipinski definition) is 4. The molecule has 9 atom stereocenters. The SMILES string of the molecule is C.C=C1N[C@@]2(c3cc(O)ccc3F)CO[C@@H](COC)C[C@H]2S(=O)(=O)N1C.C=C1N[C@@]2(c3cc(OCC4CC4)ccc3F)CO[C@@H](COC)C[C@H]2S(=O)(=O)N1C.COC[C@H]1C[C@@H]2[C@](c3cc(OCC4CC4)ccc3F)(CO1)N=C(N)N(C)S2(=O)=O.F.FF.FF.FF.I. The van der Waals surface area contributed by atoms with Gasteiger partial charge in [-0.2, -0.15) is 0 Å². The minimum absolute atomic E-state index is 0. The number of sulfonamides is 3. The molecule has 92 heavy (non-hydrogen) atoms. The van der Waals surface area contributed by atoms with Crippen molar-refractivity contribution in [1.82, 2.24) is 23.5 Å². The van der Waals surface area contributed by atoms with Crippen molar-refractivity contribution in [3.05, 3.63) is 114 Å². The second kappa shape index (κ2) is 33.9. The molecule has 2 saturated carbocycles. The van der Waals surface area contributed by atoms with Gasteiger partial charge in [0, 0.05) is 86.6 Å². The fraction of sp³-hybridized carbons (Fsp3) is 0.589. The Morgan fingerprint density at radius 3 is 1.33 bits per heavy atom. The molecule has 7 fully saturated rings. The molecule has 5 N–H and O–H groups in total. The maximum atomic E-state index is 15.0. The summed E-state index contributed by atoms with van der Waals surface area (Å²) in [7, 11) is -2.73. The van der Waals surface area contributed by atoms with Crippen LogP contribution in [0.1, 0.15) is 69.1 Å². The normalized spacial score (nSPS) is 28.3. The first kappa shape index (κ1) is 80.9. The van der Waals surface area contributed by atoms with Crippen LogP contribution in [-0.4, -0.2) is 179 Å². The lowest BCUT2D eigenvalue weighted by molar-refractivity contribution is -0.0714. The molecule has 5 saturated heterocycles. The fourth-order valence-corrected chi connectivity index (χ4v) is 17.3. The summed E-state index contributed by atoms with van der Waals surface area (Å²) in [5, 5.41) is 13.0. The van der Waals surface area contributed by atoms with Gasteiger partial charge in [0.2, 0.25) is 36.0 Å².